The average Bonchev–Trinajstić information content (AvgIpc) is 1.41. The predicted octanol–water partition coefficient (Wildman–Crippen LogP) is 1.73. The molecule has 0 aromatic rings. The molecule has 0 fully saturated rings. The van der Waals surface area contributed by atoms with Gasteiger partial charge in [0.2, 0.25) is 0 Å². The molecule has 6 heavy (non-hydrogen) atoms. The van der Waals surface area contributed by atoms with E-state index < -0.39 is 0 Å². The Balaban J connectivity index is 0. The first-order chi connectivity index (χ1) is 2.41. The van der Waals surface area contributed by atoms with Gasteiger partial charge in [-0.3, -0.25) is 0 Å². The molecular formula is C4H13BN. The van der Waals surface area contributed by atoms with Gasteiger partial charge >= 0.3 is 0 Å². The molecule has 37 valence electrons. The van der Waals surface area contributed by atoms with Crippen molar-refractivity contribution < 1.29 is 0 Å². The molecule has 0 saturated heterocycles. The smallest absolute Gasteiger partial charge is 0.108 e. The van der Waals surface area contributed by atoms with Crippen LogP contribution >= 0.6 is 0 Å². The Morgan fingerprint density at radius 3 is 1.50 bits per heavy atom. The zero-order valence-electron chi connectivity index (χ0n) is 4.70. The monoisotopic (exact) mass is 86.1 g/mol. The van der Waals surface area contributed by atoms with E-state index in [-0.39, 0.29) is 6.15 Å². The van der Waals surface area contributed by atoms with Crippen LogP contribution in [0.1, 0.15) is 13.8 Å². The zero-order chi connectivity index (χ0) is 4.12. The molecule has 0 saturated carbocycles. The first-order valence-electron chi connectivity index (χ1n) is 2.23. The fourth-order valence-corrected chi connectivity index (χ4v) is 0.289. The van der Waals surface area contributed by atoms with Gasteiger partial charge in [0.1, 0.15) is 7.28 Å². The Kier molecular flexibility index (Phi) is 13.9. The Morgan fingerprint density at radius 2 is 1.50 bits per heavy atom. The molecule has 3 N–H and O–H groups in total. The van der Waals surface area contributed by atoms with E-state index in [9.17, 15) is 0 Å². The van der Waals surface area contributed by atoms with Crippen LogP contribution in [0.3, 0.4) is 0 Å². The standard InChI is InChI=1S/C4H10B.H3N/c1-3-5-4-2;/h3-4H2,1-2H3;1H3. The van der Waals surface area contributed by atoms with Crippen LogP contribution in [0, 0.1) is 0 Å². The van der Waals surface area contributed by atoms with Crippen LogP contribution in [0.15, 0.2) is 0 Å². The van der Waals surface area contributed by atoms with E-state index in [1.807, 2.05) is 0 Å². The summed E-state index contributed by atoms with van der Waals surface area (Å²) in [5, 5.41) is 0. The molecular weight excluding hydrogens is 72.9 g/mol. The number of hydrogen-bond acceptors (Lipinski definition) is 1. The highest BCUT2D eigenvalue weighted by atomic mass is 14.0. The minimum absolute atomic E-state index is 0. The third-order valence-corrected chi connectivity index (χ3v) is 0.577. The predicted molar refractivity (Wildman–Crippen MR) is 31.7 cm³/mol. The van der Waals surface area contributed by atoms with Gasteiger partial charge in [-0.2, -0.15) is 0 Å². The van der Waals surface area contributed by atoms with Gasteiger partial charge < -0.3 is 6.15 Å². The van der Waals surface area contributed by atoms with E-state index in [0.29, 0.717) is 0 Å². The molecule has 1 nitrogen and oxygen atoms in total. The highest BCUT2D eigenvalue weighted by molar-refractivity contribution is 6.34. The fraction of sp³-hybridized carbons (Fsp3) is 1.00. The quantitative estimate of drug-likeness (QED) is 0.510. The van der Waals surface area contributed by atoms with Crippen LogP contribution in [0.25, 0.3) is 0 Å². The summed E-state index contributed by atoms with van der Waals surface area (Å²) in [5.74, 6) is 0. The third-order valence-electron chi connectivity index (χ3n) is 0.577. The van der Waals surface area contributed by atoms with E-state index in [1.165, 1.54) is 12.6 Å². The summed E-state index contributed by atoms with van der Waals surface area (Å²) >= 11 is 0. The van der Waals surface area contributed by atoms with Gasteiger partial charge in [0.15, 0.2) is 0 Å². The SMILES string of the molecule is CC[B]CC.N. The van der Waals surface area contributed by atoms with E-state index >= 15 is 0 Å². The number of rotatable bonds is 2. The van der Waals surface area contributed by atoms with Crippen molar-refractivity contribution in [1.29, 1.82) is 0 Å². The summed E-state index contributed by atoms with van der Waals surface area (Å²) in [6.07, 6.45) is 2.44. The first kappa shape index (κ1) is 9.39. The van der Waals surface area contributed by atoms with E-state index in [0.717, 1.165) is 0 Å². The number of hydrogen-bond donors (Lipinski definition) is 1. The van der Waals surface area contributed by atoms with Crippen molar-refractivity contribution in [2.75, 3.05) is 0 Å². The van der Waals surface area contributed by atoms with Gasteiger partial charge in [0, 0.05) is 0 Å². The second kappa shape index (κ2) is 8.90. The van der Waals surface area contributed by atoms with Crippen molar-refractivity contribution in [1.82, 2.24) is 6.15 Å². The van der Waals surface area contributed by atoms with Gasteiger partial charge in [-0.05, 0) is 0 Å². The first-order valence-corrected chi connectivity index (χ1v) is 2.23. The Labute approximate surface area is 41.0 Å². The Morgan fingerprint density at radius 1 is 1.17 bits per heavy atom. The molecule has 2 heteroatoms. The maximum absolute atomic E-state index is 2.25. The van der Waals surface area contributed by atoms with Crippen molar-refractivity contribution in [3.8, 4) is 0 Å². The minimum Gasteiger partial charge on any atom is -0.344 e. The summed E-state index contributed by atoms with van der Waals surface area (Å²) in [4.78, 5) is 0. The van der Waals surface area contributed by atoms with Gasteiger partial charge in [0.05, 0.1) is 0 Å². The largest absolute Gasteiger partial charge is 0.344 e. The van der Waals surface area contributed by atoms with Gasteiger partial charge in [-0.1, -0.05) is 26.5 Å². The molecule has 0 atom stereocenters. The summed E-state index contributed by atoms with van der Waals surface area (Å²) in [5.41, 5.74) is 0. The summed E-state index contributed by atoms with van der Waals surface area (Å²) < 4.78 is 0. The van der Waals surface area contributed by atoms with Crippen molar-refractivity contribution in [2.45, 2.75) is 26.5 Å². The molecule has 0 aromatic carbocycles. The van der Waals surface area contributed by atoms with Gasteiger partial charge in [-0.15, -0.1) is 0 Å². The second-order valence-electron chi connectivity index (χ2n) is 1.11. The molecule has 0 aliphatic carbocycles. The van der Waals surface area contributed by atoms with Crippen LogP contribution in [0.5, 0.6) is 0 Å². The highest BCUT2D eigenvalue weighted by Gasteiger charge is 1.72. The molecule has 0 spiro atoms. The lowest BCUT2D eigenvalue weighted by Crippen LogP contribution is -1.76. The third kappa shape index (κ3) is 8.98. The van der Waals surface area contributed by atoms with Crippen molar-refractivity contribution in [3.05, 3.63) is 0 Å². The lowest BCUT2D eigenvalue weighted by atomic mass is 9.73. The van der Waals surface area contributed by atoms with Crippen molar-refractivity contribution in [2.24, 2.45) is 0 Å². The summed E-state index contributed by atoms with van der Waals surface area (Å²) in [6, 6.07) is 0. The molecule has 0 aliphatic heterocycles. The lowest BCUT2D eigenvalue weighted by molar-refractivity contribution is 1.36. The van der Waals surface area contributed by atoms with Crippen LogP contribution in [0.2, 0.25) is 12.6 Å². The second-order valence-corrected chi connectivity index (χ2v) is 1.11. The van der Waals surface area contributed by atoms with Crippen LogP contribution in [-0.4, -0.2) is 7.28 Å². The topological polar surface area (TPSA) is 35.0 Å². The van der Waals surface area contributed by atoms with E-state index in [2.05, 4.69) is 21.1 Å². The van der Waals surface area contributed by atoms with Gasteiger partial charge in [0.25, 0.3) is 0 Å². The Bertz CT molecular complexity index is 15.0. The van der Waals surface area contributed by atoms with Crippen LogP contribution < -0.4 is 6.15 Å². The van der Waals surface area contributed by atoms with Gasteiger partial charge in [-0.25, -0.2) is 0 Å². The van der Waals surface area contributed by atoms with Crippen molar-refractivity contribution in [3.63, 3.8) is 0 Å². The minimum atomic E-state index is 0. The maximum atomic E-state index is 2.25. The molecule has 0 heterocycles. The highest BCUT2D eigenvalue weighted by Crippen LogP contribution is 1.77. The normalized spacial score (nSPS) is 6.33. The summed E-state index contributed by atoms with van der Waals surface area (Å²) in [6.45, 7) is 4.31. The maximum Gasteiger partial charge on any atom is 0.108 e. The van der Waals surface area contributed by atoms with Crippen LogP contribution in [0.4, 0.5) is 0 Å². The van der Waals surface area contributed by atoms with E-state index in [1.54, 1.807) is 0 Å². The van der Waals surface area contributed by atoms with E-state index in [4.69, 9.17) is 0 Å². The molecule has 0 aromatic heterocycles. The lowest BCUT2D eigenvalue weighted by Gasteiger charge is -1.75. The molecule has 0 bridgehead atoms. The fourth-order valence-electron chi connectivity index (χ4n) is 0.289. The molecule has 0 aliphatic rings. The molecule has 0 rings (SSSR count). The molecule has 0 amide bonds. The Hall–Kier alpha value is 0.0249. The molecule has 0 unspecified atom stereocenters. The van der Waals surface area contributed by atoms with Crippen LogP contribution in [-0.2, 0) is 0 Å². The average molecular weight is 86.0 g/mol. The van der Waals surface area contributed by atoms with Crippen molar-refractivity contribution >= 4 is 7.28 Å². The molecule has 1 radical (unpaired) electrons. The summed E-state index contributed by atoms with van der Waals surface area (Å²) in [7, 11) is 2.25. The zero-order valence-corrected chi connectivity index (χ0v) is 4.70.